The normalized spacial score (nSPS) is 16.3. The van der Waals surface area contributed by atoms with E-state index in [2.05, 4.69) is 9.88 Å². The fourth-order valence-corrected chi connectivity index (χ4v) is 2.34. The van der Waals surface area contributed by atoms with Gasteiger partial charge >= 0.3 is 5.97 Å². The van der Waals surface area contributed by atoms with E-state index >= 15 is 0 Å². The molecule has 0 unspecified atom stereocenters. The first-order chi connectivity index (χ1) is 7.70. The van der Waals surface area contributed by atoms with Crippen LogP contribution in [0.4, 0.5) is 5.69 Å². The van der Waals surface area contributed by atoms with Gasteiger partial charge in [0.05, 0.1) is 17.4 Å². The average molecular weight is 220 g/mol. The van der Waals surface area contributed by atoms with E-state index in [1.165, 1.54) is 19.0 Å². The molecule has 1 N–H and O–H groups in total. The van der Waals surface area contributed by atoms with Gasteiger partial charge in [-0.3, -0.25) is 4.98 Å². The molecule has 1 aromatic rings. The zero-order valence-electron chi connectivity index (χ0n) is 9.39. The highest BCUT2D eigenvalue weighted by atomic mass is 16.4. The Kier molecular flexibility index (Phi) is 3.08. The molecule has 0 amide bonds. The summed E-state index contributed by atoms with van der Waals surface area (Å²) in [5, 5.41) is 9.10. The van der Waals surface area contributed by atoms with Crippen LogP contribution in [-0.4, -0.2) is 29.1 Å². The van der Waals surface area contributed by atoms with Crippen molar-refractivity contribution in [1.29, 1.82) is 0 Å². The molecule has 0 aromatic carbocycles. The van der Waals surface area contributed by atoms with Crippen molar-refractivity contribution >= 4 is 11.7 Å². The molecule has 0 saturated heterocycles. The molecule has 1 aromatic heterocycles. The van der Waals surface area contributed by atoms with Crippen molar-refractivity contribution in [2.45, 2.75) is 31.7 Å². The molecule has 0 aliphatic heterocycles. The van der Waals surface area contributed by atoms with Crippen molar-refractivity contribution in [3.8, 4) is 0 Å². The molecule has 0 radical (unpaired) electrons. The summed E-state index contributed by atoms with van der Waals surface area (Å²) >= 11 is 0. The van der Waals surface area contributed by atoms with Gasteiger partial charge in [0.2, 0.25) is 0 Å². The molecule has 1 saturated carbocycles. The zero-order valence-corrected chi connectivity index (χ0v) is 9.39. The molecule has 1 aliphatic carbocycles. The molecular formula is C12H16N2O2. The Labute approximate surface area is 94.9 Å². The van der Waals surface area contributed by atoms with Crippen LogP contribution in [0.15, 0.2) is 18.5 Å². The number of rotatable bonds is 3. The van der Waals surface area contributed by atoms with Crippen LogP contribution in [0.25, 0.3) is 0 Å². The van der Waals surface area contributed by atoms with Gasteiger partial charge in [-0.25, -0.2) is 4.79 Å². The first-order valence-electron chi connectivity index (χ1n) is 5.60. The van der Waals surface area contributed by atoms with Crippen molar-refractivity contribution < 1.29 is 9.90 Å². The number of carboxylic acid groups (broad SMARTS) is 1. The third-order valence-electron chi connectivity index (χ3n) is 3.28. The lowest BCUT2D eigenvalue weighted by Crippen LogP contribution is -2.30. The Morgan fingerprint density at radius 1 is 1.50 bits per heavy atom. The molecule has 4 nitrogen and oxygen atoms in total. The topological polar surface area (TPSA) is 53.4 Å². The maximum Gasteiger partial charge on any atom is 0.337 e. The van der Waals surface area contributed by atoms with Crippen LogP contribution in [0.3, 0.4) is 0 Å². The van der Waals surface area contributed by atoms with Crippen LogP contribution in [0.5, 0.6) is 0 Å². The second-order valence-corrected chi connectivity index (χ2v) is 4.25. The van der Waals surface area contributed by atoms with Gasteiger partial charge in [0, 0.05) is 19.3 Å². The van der Waals surface area contributed by atoms with Gasteiger partial charge in [0.1, 0.15) is 0 Å². The Hall–Kier alpha value is -1.58. The Morgan fingerprint density at radius 2 is 2.19 bits per heavy atom. The van der Waals surface area contributed by atoms with E-state index in [0.29, 0.717) is 11.6 Å². The van der Waals surface area contributed by atoms with E-state index in [-0.39, 0.29) is 0 Å². The molecule has 4 heteroatoms. The van der Waals surface area contributed by atoms with Crippen LogP contribution in [-0.2, 0) is 0 Å². The minimum atomic E-state index is -0.887. The molecule has 0 bridgehead atoms. The van der Waals surface area contributed by atoms with Gasteiger partial charge in [-0.1, -0.05) is 12.8 Å². The van der Waals surface area contributed by atoms with E-state index < -0.39 is 5.97 Å². The van der Waals surface area contributed by atoms with Crippen LogP contribution in [0, 0.1) is 0 Å². The predicted molar refractivity (Wildman–Crippen MR) is 61.9 cm³/mol. The second-order valence-electron chi connectivity index (χ2n) is 4.25. The summed E-state index contributed by atoms with van der Waals surface area (Å²) < 4.78 is 0. The number of hydrogen-bond donors (Lipinski definition) is 1. The molecule has 16 heavy (non-hydrogen) atoms. The second kappa shape index (κ2) is 4.51. The van der Waals surface area contributed by atoms with Gasteiger partial charge in [-0.15, -0.1) is 0 Å². The molecule has 2 rings (SSSR count). The largest absolute Gasteiger partial charge is 0.478 e. The third-order valence-corrected chi connectivity index (χ3v) is 3.28. The van der Waals surface area contributed by atoms with E-state index in [1.807, 2.05) is 7.05 Å². The first kappa shape index (κ1) is 10.9. The summed E-state index contributed by atoms with van der Waals surface area (Å²) in [6.45, 7) is 0. The molecule has 1 aliphatic rings. The van der Waals surface area contributed by atoms with Crippen LogP contribution < -0.4 is 4.90 Å². The van der Waals surface area contributed by atoms with Crippen molar-refractivity contribution in [2.75, 3.05) is 11.9 Å². The predicted octanol–water partition coefficient (Wildman–Crippen LogP) is 2.16. The number of carbonyl (C=O) groups is 1. The van der Waals surface area contributed by atoms with Gasteiger partial charge in [-0.05, 0) is 18.9 Å². The number of pyridine rings is 1. The number of anilines is 1. The minimum Gasteiger partial charge on any atom is -0.478 e. The third kappa shape index (κ3) is 2.01. The van der Waals surface area contributed by atoms with Crippen molar-refractivity contribution in [2.24, 2.45) is 0 Å². The quantitative estimate of drug-likeness (QED) is 0.848. The highest BCUT2D eigenvalue weighted by Gasteiger charge is 2.23. The monoisotopic (exact) mass is 220 g/mol. The zero-order chi connectivity index (χ0) is 11.5. The number of hydrogen-bond acceptors (Lipinski definition) is 3. The smallest absolute Gasteiger partial charge is 0.337 e. The van der Waals surface area contributed by atoms with Crippen molar-refractivity contribution in [3.05, 3.63) is 24.0 Å². The Bertz CT molecular complexity index is 386. The lowest BCUT2D eigenvalue weighted by Gasteiger charge is -2.27. The lowest BCUT2D eigenvalue weighted by molar-refractivity contribution is 0.0697. The van der Waals surface area contributed by atoms with Crippen molar-refractivity contribution in [1.82, 2.24) is 4.98 Å². The van der Waals surface area contributed by atoms with Crippen LogP contribution in [0.2, 0.25) is 0 Å². The standard InChI is InChI=1S/C12H16N2O2/c1-14(9-4-2-3-5-9)11-8-13-7-6-10(11)12(15)16/h6-9H,2-5H2,1H3,(H,15,16). The maximum absolute atomic E-state index is 11.1. The highest BCUT2D eigenvalue weighted by molar-refractivity contribution is 5.94. The van der Waals surface area contributed by atoms with E-state index in [0.717, 1.165) is 18.5 Å². The molecular weight excluding hydrogens is 204 g/mol. The SMILES string of the molecule is CN(c1cnccc1C(=O)O)C1CCCC1. The first-order valence-corrected chi connectivity index (χ1v) is 5.60. The summed E-state index contributed by atoms with van der Waals surface area (Å²) in [6.07, 6.45) is 7.92. The molecule has 1 fully saturated rings. The van der Waals surface area contributed by atoms with Crippen LogP contribution >= 0.6 is 0 Å². The van der Waals surface area contributed by atoms with E-state index in [1.54, 1.807) is 12.3 Å². The van der Waals surface area contributed by atoms with Gasteiger partial charge < -0.3 is 10.0 Å². The summed E-state index contributed by atoms with van der Waals surface area (Å²) in [5.74, 6) is -0.887. The summed E-state index contributed by atoms with van der Waals surface area (Å²) in [5.41, 5.74) is 1.06. The van der Waals surface area contributed by atoms with Crippen LogP contribution in [0.1, 0.15) is 36.0 Å². The van der Waals surface area contributed by atoms with E-state index in [9.17, 15) is 4.79 Å². The summed E-state index contributed by atoms with van der Waals surface area (Å²) in [4.78, 5) is 17.2. The number of carboxylic acids is 1. The fourth-order valence-electron chi connectivity index (χ4n) is 2.34. The average Bonchev–Trinajstić information content (AvgIpc) is 2.81. The maximum atomic E-state index is 11.1. The Balaban J connectivity index is 2.27. The molecule has 86 valence electrons. The minimum absolute atomic E-state index is 0.337. The number of aromatic nitrogens is 1. The number of nitrogens with zero attached hydrogens (tertiary/aromatic N) is 2. The molecule has 1 heterocycles. The lowest BCUT2D eigenvalue weighted by atomic mass is 10.1. The molecule has 0 spiro atoms. The van der Waals surface area contributed by atoms with E-state index in [4.69, 9.17) is 5.11 Å². The fraction of sp³-hybridized carbons (Fsp3) is 0.500. The Morgan fingerprint density at radius 3 is 2.81 bits per heavy atom. The molecule has 0 atom stereocenters. The highest BCUT2D eigenvalue weighted by Crippen LogP contribution is 2.28. The van der Waals surface area contributed by atoms with Gasteiger partial charge in [0.25, 0.3) is 0 Å². The number of aromatic carboxylic acids is 1. The summed E-state index contributed by atoms with van der Waals surface area (Å²) in [7, 11) is 1.96. The summed E-state index contributed by atoms with van der Waals surface area (Å²) in [6, 6.07) is 2.02. The van der Waals surface area contributed by atoms with Gasteiger partial charge in [-0.2, -0.15) is 0 Å². The van der Waals surface area contributed by atoms with Crippen molar-refractivity contribution in [3.63, 3.8) is 0 Å². The van der Waals surface area contributed by atoms with Gasteiger partial charge in [0.15, 0.2) is 0 Å².